The van der Waals surface area contributed by atoms with Crippen LogP contribution in [0.4, 0.5) is 0 Å². The van der Waals surface area contributed by atoms with Crippen molar-refractivity contribution < 1.29 is 9.90 Å². The van der Waals surface area contributed by atoms with Crippen LogP contribution < -0.4 is 5.46 Å². The Morgan fingerprint density at radius 1 is 1.28 bits per heavy atom. The van der Waals surface area contributed by atoms with E-state index < -0.39 is 0 Å². The standard InChI is InChI=1S/C14H10BNO2/c15-10-4-6-13(17)12(9-10)14(18)7-5-11-3-1-2-8-16-11/h1-9,17H/b7-5+. The summed E-state index contributed by atoms with van der Waals surface area (Å²) >= 11 is 0. The fourth-order valence-corrected chi connectivity index (χ4v) is 1.48. The lowest BCUT2D eigenvalue weighted by Gasteiger charge is -2.01. The van der Waals surface area contributed by atoms with Crippen LogP contribution in [0.1, 0.15) is 16.1 Å². The highest BCUT2D eigenvalue weighted by molar-refractivity contribution is 6.33. The van der Waals surface area contributed by atoms with Crippen LogP contribution in [0.15, 0.2) is 48.7 Å². The van der Waals surface area contributed by atoms with Gasteiger partial charge in [0.15, 0.2) is 5.78 Å². The molecule has 0 spiro atoms. The fraction of sp³-hybridized carbons (Fsp3) is 0. The quantitative estimate of drug-likeness (QED) is 0.498. The molecule has 86 valence electrons. The first-order valence-electron chi connectivity index (χ1n) is 5.39. The van der Waals surface area contributed by atoms with Gasteiger partial charge in [-0.3, -0.25) is 9.78 Å². The number of benzene rings is 1. The zero-order valence-electron chi connectivity index (χ0n) is 9.58. The number of phenolic OH excluding ortho intramolecular Hbond substituents is 1. The predicted octanol–water partition coefficient (Wildman–Crippen LogP) is 1.48. The maximum Gasteiger partial charge on any atom is 0.189 e. The molecule has 0 atom stereocenters. The van der Waals surface area contributed by atoms with Crippen molar-refractivity contribution in [3.63, 3.8) is 0 Å². The number of pyridine rings is 1. The summed E-state index contributed by atoms with van der Waals surface area (Å²) in [5, 5.41) is 9.58. The molecule has 1 N–H and O–H groups in total. The molecule has 1 heterocycles. The fourth-order valence-electron chi connectivity index (χ4n) is 1.48. The van der Waals surface area contributed by atoms with Crippen molar-refractivity contribution in [3.05, 3.63) is 59.9 Å². The summed E-state index contributed by atoms with van der Waals surface area (Å²) in [6, 6.07) is 9.78. The van der Waals surface area contributed by atoms with Gasteiger partial charge in [-0.2, -0.15) is 0 Å². The van der Waals surface area contributed by atoms with Crippen molar-refractivity contribution in [1.82, 2.24) is 4.98 Å². The predicted molar refractivity (Wildman–Crippen MR) is 71.1 cm³/mol. The first-order valence-corrected chi connectivity index (χ1v) is 5.39. The van der Waals surface area contributed by atoms with Gasteiger partial charge in [0.2, 0.25) is 0 Å². The summed E-state index contributed by atoms with van der Waals surface area (Å²) in [6.45, 7) is 0. The van der Waals surface area contributed by atoms with Crippen LogP contribution in [0, 0.1) is 0 Å². The van der Waals surface area contributed by atoms with Crippen LogP contribution in [0.5, 0.6) is 5.75 Å². The Labute approximate surface area is 106 Å². The van der Waals surface area contributed by atoms with E-state index in [0.717, 1.165) is 0 Å². The van der Waals surface area contributed by atoms with E-state index >= 15 is 0 Å². The smallest absolute Gasteiger partial charge is 0.189 e. The molecule has 1 aromatic carbocycles. The van der Waals surface area contributed by atoms with Crippen LogP contribution in [0.2, 0.25) is 0 Å². The summed E-state index contributed by atoms with van der Waals surface area (Å²) in [6.07, 6.45) is 4.59. The Balaban J connectivity index is 2.22. The van der Waals surface area contributed by atoms with Gasteiger partial charge in [-0.25, -0.2) is 0 Å². The molecule has 2 radical (unpaired) electrons. The summed E-state index contributed by atoms with van der Waals surface area (Å²) in [5.41, 5.74) is 1.29. The van der Waals surface area contributed by atoms with Crippen molar-refractivity contribution in [2.24, 2.45) is 0 Å². The minimum absolute atomic E-state index is 0.0835. The molecule has 1 aromatic heterocycles. The second-order valence-electron chi connectivity index (χ2n) is 3.73. The van der Waals surface area contributed by atoms with Gasteiger partial charge in [0, 0.05) is 6.20 Å². The Hall–Kier alpha value is -2.36. The maximum absolute atomic E-state index is 11.9. The molecule has 0 fully saturated rings. The Morgan fingerprint density at radius 2 is 2.11 bits per heavy atom. The summed E-state index contributed by atoms with van der Waals surface area (Å²) in [4.78, 5) is 15.9. The van der Waals surface area contributed by atoms with Gasteiger partial charge in [-0.05, 0) is 30.4 Å². The van der Waals surface area contributed by atoms with E-state index in [1.165, 1.54) is 24.3 Å². The summed E-state index contributed by atoms with van der Waals surface area (Å²) in [5.74, 6) is -0.398. The number of carbonyl (C=O) groups excluding carboxylic acids is 1. The minimum atomic E-state index is -0.314. The molecule has 0 aliphatic heterocycles. The Morgan fingerprint density at radius 3 is 2.83 bits per heavy atom. The topological polar surface area (TPSA) is 50.2 Å². The van der Waals surface area contributed by atoms with Gasteiger partial charge in [0.1, 0.15) is 13.6 Å². The van der Waals surface area contributed by atoms with Crippen LogP contribution >= 0.6 is 0 Å². The summed E-state index contributed by atoms with van der Waals surface area (Å²) in [7, 11) is 5.57. The average Bonchev–Trinajstić information content (AvgIpc) is 2.40. The first-order chi connectivity index (χ1) is 8.66. The van der Waals surface area contributed by atoms with Gasteiger partial charge >= 0.3 is 0 Å². The third kappa shape index (κ3) is 2.85. The molecule has 0 unspecified atom stereocenters. The van der Waals surface area contributed by atoms with Gasteiger partial charge in [0.25, 0.3) is 0 Å². The molecule has 18 heavy (non-hydrogen) atoms. The largest absolute Gasteiger partial charge is 0.507 e. The van der Waals surface area contributed by atoms with E-state index in [1.807, 2.05) is 6.07 Å². The van der Waals surface area contributed by atoms with Crippen molar-refractivity contribution >= 4 is 25.2 Å². The van der Waals surface area contributed by atoms with Gasteiger partial charge < -0.3 is 5.11 Å². The average molecular weight is 235 g/mol. The number of nitrogens with zero attached hydrogens (tertiary/aromatic N) is 1. The van der Waals surface area contributed by atoms with Crippen LogP contribution in [0.25, 0.3) is 6.08 Å². The van der Waals surface area contributed by atoms with E-state index in [-0.39, 0.29) is 17.1 Å². The van der Waals surface area contributed by atoms with Crippen LogP contribution in [-0.2, 0) is 0 Å². The second kappa shape index (κ2) is 5.32. The molecular formula is C14H10BNO2. The third-order valence-electron chi connectivity index (χ3n) is 2.38. The molecular weight excluding hydrogens is 225 g/mol. The number of hydrogen-bond acceptors (Lipinski definition) is 3. The zero-order valence-corrected chi connectivity index (χ0v) is 9.58. The maximum atomic E-state index is 11.9. The zero-order chi connectivity index (χ0) is 13.0. The second-order valence-corrected chi connectivity index (χ2v) is 3.73. The highest BCUT2D eigenvalue weighted by Crippen LogP contribution is 2.15. The lowest BCUT2D eigenvalue weighted by Crippen LogP contribution is -2.06. The molecule has 4 heteroatoms. The van der Waals surface area contributed by atoms with Crippen molar-refractivity contribution in [1.29, 1.82) is 0 Å². The van der Waals surface area contributed by atoms with E-state index in [4.69, 9.17) is 7.85 Å². The first kappa shape index (κ1) is 12.1. The van der Waals surface area contributed by atoms with Crippen LogP contribution in [-0.4, -0.2) is 23.7 Å². The van der Waals surface area contributed by atoms with Crippen molar-refractivity contribution in [2.75, 3.05) is 0 Å². The number of phenols is 1. The van der Waals surface area contributed by atoms with E-state index in [1.54, 1.807) is 24.4 Å². The highest BCUT2D eigenvalue weighted by atomic mass is 16.3. The van der Waals surface area contributed by atoms with Gasteiger partial charge in [-0.15, -0.1) is 0 Å². The number of allylic oxidation sites excluding steroid dienone is 1. The lowest BCUT2D eigenvalue weighted by molar-refractivity contribution is 0.104. The molecule has 0 aliphatic rings. The highest BCUT2D eigenvalue weighted by Gasteiger charge is 2.07. The molecule has 0 saturated carbocycles. The molecule has 2 rings (SSSR count). The van der Waals surface area contributed by atoms with Gasteiger partial charge in [-0.1, -0.05) is 23.7 Å². The Bertz CT molecular complexity index is 594. The number of rotatable bonds is 3. The minimum Gasteiger partial charge on any atom is -0.507 e. The number of ketones is 1. The number of aromatic hydroxyl groups is 1. The van der Waals surface area contributed by atoms with E-state index in [0.29, 0.717) is 11.2 Å². The van der Waals surface area contributed by atoms with Crippen molar-refractivity contribution in [2.45, 2.75) is 0 Å². The number of hydrogen-bond donors (Lipinski definition) is 1. The molecule has 0 saturated heterocycles. The lowest BCUT2D eigenvalue weighted by atomic mass is 9.93. The normalized spacial score (nSPS) is 10.7. The number of aromatic nitrogens is 1. The van der Waals surface area contributed by atoms with E-state index in [2.05, 4.69) is 4.98 Å². The van der Waals surface area contributed by atoms with Crippen molar-refractivity contribution in [3.8, 4) is 5.75 Å². The SMILES string of the molecule is [B]c1ccc(O)c(C(=O)/C=C/c2ccccn2)c1. The number of carbonyl (C=O) groups is 1. The Kier molecular flexibility index (Phi) is 3.58. The molecule has 0 bridgehead atoms. The molecule has 2 aromatic rings. The third-order valence-corrected chi connectivity index (χ3v) is 2.38. The molecule has 0 aliphatic carbocycles. The van der Waals surface area contributed by atoms with Crippen LogP contribution in [0.3, 0.4) is 0 Å². The molecule has 0 amide bonds. The van der Waals surface area contributed by atoms with Gasteiger partial charge in [0.05, 0.1) is 11.3 Å². The summed E-state index contributed by atoms with van der Waals surface area (Å²) < 4.78 is 0. The molecule has 3 nitrogen and oxygen atoms in total. The monoisotopic (exact) mass is 235 g/mol. The van der Waals surface area contributed by atoms with E-state index in [9.17, 15) is 9.90 Å².